The Morgan fingerprint density at radius 3 is 2.86 bits per heavy atom. The highest BCUT2D eigenvalue weighted by Crippen LogP contribution is 2.41. The molecule has 0 aliphatic carbocycles. The highest BCUT2D eigenvalue weighted by Gasteiger charge is 2.32. The number of methoxy groups -OCH3 is 2. The Morgan fingerprint density at radius 2 is 2.10 bits per heavy atom. The normalized spacial score (nSPS) is 16.4. The zero-order valence-corrected chi connectivity index (χ0v) is 12.5. The van der Waals surface area contributed by atoms with Crippen LogP contribution in [-0.2, 0) is 0 Å². The molecule has 0 N–H and O–H groups in total. The molecule has 0 spiro atoms. The van der Waals surface area contributed by atoms with Crippen molar-refractivity contribution >= 4 is 17.5 Å². The molecule has 0 amide bonds. The molecule has 6 heteroatoms. The Kier molecular flexibility index (Phi) is 3.79. The minimum Gasteiger partial charge on any atom is -0.480 e. The van der Waals surface area contributed by atoms with E-state index in [1.807, 2.05) is 24.3 Å². The Morgan fingerprint density at radius 1 is 1.29 bits per heavy atom. The van der Waals surface area contributed by atoms with Gasteiger partial charge in [0.05, 0.1) is 26.3 Å². The second kappa shape index (κ2) is 5.73. The van der Waals surface area contributed by atoms with Crippen LogP contribution in [-0.4, -0.2) is 35.7 Å². The SMILES string of the molecule is COc1cnc(C(=O)C2CSc3ccccc32)c(OC)n1. The molecule has 1 aromatic carbocycles. The number of carbonyl (C=O) groups is 1. The average Bonchev–Trinajstić information content (AvgIpc) is 2.97. The van der Waals surface area contributed by atoms with Gasteiger partial charge in [-0.3, -0.25) is 4.79 Å². The highest BCUT2D eigenvalue weighted by molar-refractivity contribution is 7.99. The number of carbonyl (C=O) groups excluding carboxylic acids is 1. The van der Waals surface area contributed by atoms with Crippen LogP contribution in [0.25, 0.3) is 0 Å². The van der Waals surface area contributed by atoms with E-state index >= 15 is 0 Å². The summed E-state index contributed by atoms with van der Waals surface area (Å²) in [5, 5.41) is 0. The third-order valence-electron chi connectivity index (χ3n) is 3.37. The first-order valence-electron chi connectivity index (χ1n) is 6.45. The van der Waals surface area contributed by atoms with Crippen molar-refractivity contribution in [3.8, 4) is 11.8 Å². The van der Waals surface area contributed by atoms with Gasteiger partial charge in [0.15, 0.2) is 11.5 Å². The first-order chi connectivity index (χ1) is 10.2. The molecular formula is C15H14N2O3S. The van der Waals surface area contributed by atoms with Crippen LogP contribution < -0.4 is 9.47 Å². The van der Waals surface area contributed by atoms with Crippen LogP contribution in [0.4, 0.5) is 0 Å². The van der Waals surface area contributed by atoms with Crippen molar-refractivity contribution in [1.82, 2.24) is 9.97 Å². The van der Waals surface area contributed by atoms with Crippen molar-refractivity contribution < 1.29 is 14.3 Å². The smallest absolute Gasteiger partial charge is 0.246 e. The Bertz CT molecular complexity index is 690. The number of ether oxygens (including phenoxy) is 2. The lowest BCUT2D eigenvalue weighted by Crippen LogP contribution is -2.16. The van der Waals surface area contributed by atoms with E-state index in [0.717, 1.165) is 16.2 Å². The Hall–Kier alpha value is -2.08. The number of rotatable bonds is 4. The molecule has 5 nitrogen and oxygen atoms in total. The number of fused-ring (bicyclic) bond motifs is 1. The summed E-state index contributed by atoms with van der Waals surface area (Å²) in [4.78, 5) is 22.2. The maximum absolute atomic E-state index is 12.8. The van der Waals surface area contributed by atoms with Gasteiger partial charge in [0.25, 0.3) is 0 Å². The van der Waals surface area contributed by atoms with Gasteiger partial charge in [0.1, 0.15) is 0 Å². The van der Waals surface area contributed by atoms with Gasteiger partial charge < -0.3 is 9.47 Å². The number of thioether (sulfide) groups is 1. The van der Waals surface area contributed by atoms with E-state index in [4.69, 9.17) is 9.47 Å². The van der Waals surface area contributed by atoms with Gasteiger partial charge in [-0.05, 0) is 11.6 Å². The molecule has 2 heterocycles. The minimum atomic E-state index is -0.206. The molecule has 108 valence electrons. The van der Waals surface area contributed by atoms with E-state index in [9.17, 15) is 4.79 Å². The van der Waals surface area contributed by atoms with Crippen LogP contribution in [0.3, 0.4) is 0 Å². The zero-order chi connectivity index (χ0) is 14.8. The van der Waals surface area contributed by atoms with E-state index in [0.29, 0.717) is 5.88 Å². The molecule has 0 saturated carbocycles. The first kappa shape index (κ1) is 13.9. The summed E-state index contributed by atoms with van der Waals surface area (Å²) in [7, 11) is 2.96. The molecule has 1 unspecified atom stereocenters. The molecular weight excluding hydrogens is 288 g/mol. The molecule has 0 radical (unpaired) electrons. The summed E-state index contributed by atoms with van der Waals surface area (Å²) in [5.41, 5.74) is 1.30. The van der Waals surface area contributed by atoms with Crippen molar-refractivity contribution in [3.63, 3.8) is 0 Å². The van der Waals surface area contributed by atoms with E-state index < -0.39 is 0 Å². The van der Waals surface area contributed by atoms with E-state index in [1.165, 1.54) is 20.4 Å². The van der Waals surface area contributed by atoms with Gasteiger partial charge in [-0.25, -0.2) is 4.98 Å². The molecule has 1 aliphatic heterocycles. The monoisotopic (exact) mass is 302 g/mol. The molecule has 1 aliphatic rings. The van der Waals surface area contributed by atoms with E-state index in [2.05, 4.69) is 9.97 Å². The predicted octanol–water partition coefficient (Wildman–Crippen LogP) is 2.57. The van der Waals surface area contributed by atoms with Gasteiger partial charge in [0, 0.05) is 10.6 Å². The molecule has 21 heavy (non-hydrogen) atoms. The fourth-order valence-electron chi connectivity index (χ4n) is 2.31. The lowest BCUT2D eigenvalue weighted by molar-refractivity contribution is 0.0959. The van der Waals surface area contributed by atoms with Crippen molar-refractivity contribution in [1.29, 1.82) is 0 Å². The molecule has 1 atom stereocenters. The lowest BCUT2D eigenvalue weighted by Gasteiger charge is -2.11. The quantitative estimate of drug-likeness (QED) is 0.809. The van der Waals surface area contributed by atoms with Crippen LogP contribution in [0, 0.1) is 0 Å². The van der Waals surface area contributed by atoms with Crippen molar-refractivity contribution in [2.75, 3.05) is 20.0 Å². The summed E-state index contributed by atoms with van der Waals surface area (Å²) in [6.07, 6.45) is 1.43. The largest absolute Gasteiger partial charge is 0.480 e. The fourth-order valence-corrected chi connectivity index (χ4v) is 3.54. The Balaban J connectivity index is 1.97. The summed E-state index contributed by atoms with van der Waals surface area (Å²) < 4.78 is 10.2. The second-order valence-corrected chi connectivity index (χ2v) is 5.60. The maximum Gasteiger partial charge on any atom is 0.246 e. The third-order valence-corrected chi connectivity index (χ3v) is 4.55. The number of hydrogen-bond acceptors (Lipinski definition) is 6. The van der Waals surface area contributed by atoms with Crippen molar-refractivity contribution in [3.05, 3.63) is 41.7 Å². The fraction of sp³-hybridized carbons (Fsp3) is 0.267. The zero-order valence-electron chi connectivity index (χ0n) is 11.7. The predicted molar refractivity (Wildman–Crippen MR) is 79.4 cm³/mol. The molecule has 0 bridgehead atoms. The van der Waals surface area contributed by atoms with Crippen molar-refractivity contribution in [2.24, 2.45) is 0 Å². The molecule has 1 aromatic heterocycles. The third kappa shape index (κ3) is 2.47. The van der Waals surface area contributed by atoms with E-state index in [1.54, 1.807) is 11.8 Å². The number of nitrogens with zero attached hydrogens (tertiary/aromatic N) is 2. The summed E-state index contributed by atoms with van der Waals surface area (Å²) >= 11 is 1.69. The molecule has 0 saturated heterocycles. The molecule has 0 fully saturated rings. The van der Waals surface area contributed by atoms with Crippen molar-refractivity contribution in [2.45, 2.75) is 10.8 Å². The van der Waals surface area contributed by atoms with Crippen LogP contribution >= 0.6 is 11.8 Å². The number of benzene rings is 1. The summed E-state index contributed by atoms with van der Waals surface area (Å²) in [5.74, 6) is 0.968. The van der Waals surface area contributed by atoms with Crippen LogP contribution in [0.15, 0.2) is 35.4 Å². The minimum absolute atomic E-state index is 0.0700. The Labute approximate surface area is 126 Å². The second-order valence-electron chi connectivity index (χ2n) is 4.54. The van der Waals surface area contributed by atoms with Gasteiger partial charge in [0.2, 0.25) is 11.8 Å². The number of ketones is 1. The lowest BCUT2D eigenvalue weighted by atomic mass is 9.95. The van der Waals surface area contributed by atoms with Gasteiger partial charge >= 0.3 is 0 Å². The van der Waals surface area contributed by atoms with Gasteiger partial charge in [-0.2, -0.15) is 4.98 Å². The summed E-state index contributed by atoms with van der Waals surface area (Å²) in [6.45, 7) is 0. The topological polar surface area (TPSA) is 61.3 Å². The average molecular weight is 302 g/mol. The first-order valence-corrected chi connectivity index (χ1v) is 7.44. The molecule has 3 rings (SSSR count). The van der Waals surface area contributed by atoms with Crippen LogP contribution in [0.1, 0.15) is 22.0 Å². The number of aromatic nitrogens is 2. The standard InChI is InChI=1S/C15H14N2O3S/c1-19-12-7-16-13(15(17-12)20-2)14(18)10-8-21-11-6-4-3-5-9(10)11/h3-7,10H,8H2,1-2H3. The summed E-state index contributed by atoms with van der Waals surface area (Å²) in [6, 6.07) is 7.94. The van der Waals surface area contributed by atoms with E-state index in [-0.39, 0.29) is 23.3 Å². The van der Waals surface area contributed by atoms with Crippen LogP contribution in [0.2, 0.25) is 0 Å². The van der Waals surface area contributed by atoms with Crippen LogP contribution in [0.5, 0.6) is 11.8 Å². The number of Topliss-reactive ketones (excluding diaryl/α,β-unsaturated/α-hetero) is 1. The highest BCUT2D eigenvalue weighted by atomic mass is 32.2. The van der Waals surface area contributed by atoms with Gasteiger partial charge in [-0.1, -0.05) is 18.2 Å². The van der Waals surface area contributed by atoms with Gasteiger partial charge in [-0.15, -0.1) is 11.8 Å². The molecule has 2 aromatic rings. The number of hydrogen-bond donors (Lipinski definition) is 0. The maximum atomic E-state index is 12.8.